The molecular weight excluding hydrogens is 394 g/mol. The van der Waals surface area contributed by atoms with Crippen molar-refractivity contribution in [3.8, 4) is 0 Å². The van der Waals surface area contributed by atoms with Gasteiger partial charge in [0.05, 0.1) is 6.54 Å². The summed E-state index contributed by atoms with van der Waals surface area (Å²) in [6.07, 6.45) is 4.75. The predicted octanol–water partition coefficient (Wildman–Crippen LogP) is 1.00. The number of benzene rings is 1. The van der Waals surface area contributed by atoms with Gasteiger partial charge in [0.2, 0.25) is 5.91 Å². The van der Waals surface area contributed by atoms with Crippen LogP contribution in [0.3, 0.4) is 0 Å². The molecule has 3 aromatic rings. The van der Waals surface area contributed by atoms with E-state index in [9.17, 15) is 9.59 Å². The molecule has 1 saturated heterocycles. The maximum Gasteiger partial charge on any atom is 0.254 e. The Balaban J connectivity index is 1.17. The van der Waals surface area contributed by atoms with E-state index in [2.05, 4.69) is 25.3 Å². The van der Waals surface area contributed by atoms with Gasteiger partial charge < -0.3 is 15.1 Å². The van der Waals surface area contributed by atoms with E-state index in [0.29, 0.717) is 37.5 Å². The number of fused-ring (bicyclic) bond motifs is 2. The van der Waals surface area contributed by atoms with E-state index in [0.717, 1.165) is 30.8 Å². The zero-order chi connectivity index (χ0) is 21.4. The van der Waals surface area contributed by atoms with Crippen LogP contribution in [0.4, 0.5) is 5.82 Å². The molecular formula is C22H25N7O2. The maximum absolute atomic E-state index is 12.6. The van der Waals surface area contributed by atoms with Crippen molar-refractivity contribution in [2.75, 3.05) is 37.6 Å². The third kappa shape index (κ3) is 3.83. The van der Waals surface area contributed by atoms with Crippen LogP contribution in [0.15, 0.2) is 30.6 Å². The first-order chi connectivity index (χ1) is 15.1. The number of aromatic nitrogens is 4. The van der Waals surface area contributed by atoms with Crippen molar-refractivity contribution in [2.24, 2.45) is 0 Å². The summed E-state index contributed by atoms with van der Waals surface area (Å²) in [5.74, 6) is 1.24. The standard InChI is InChI=1S/C22H25N7O2/c1-15-11-19(29-22(26-15)24-14-25-29)27-7-9-28(10-8-27)20(30)13-23-21(31)18-6-5-16-3-2-4-17(16)12-18/h5-6,11-12,14H,2-4,7-10,13H2,1H3,(H,23,31). The fourth-order valence-corrected chi connectivity index (χ4v) is 4.40. The number of anilines is 1. The minimum Gasteiger partial charge on any atom is -0.353 e. The van der Waals surface area contributed by atoms with Crippen molar-refractivity contribution < 1.29 is 9.59 Å². The van der Waals surface area contributed by atoms with Crippen LogP contribution >= 0.6 is 0 Å². The highest BCUT2D eigenvalue weighted by molar-refractivity contribution is 5.96. The Kier molecular flexibility index (Phi) is 5.01. The lowest BCUT2D eigenvalue weighted by Crippen LogP contribution is -2.51. The second-order valence-electron chi connectivity index (χ2n) is 8.12. The van der Waals surface area contributed by atoms with Gasteiger partial charge in [0.25, 0.3) is 11.7 Å². The highest BCUT2D eigenvalue weighted by atomic mass is 16.2. The van der Waals surface area contributed by atoms with Crippen LogP contribution in [0.25, 0.3) is 5.78 Å². The summed E-state index contributed by atoms with van der Waals surface area (Å²) in [4.78, 5) is 37.7. The molecule has 0 spiro atoms. The molecule has 3 heterocycles. The molecule has 1 N–H and O–H groups in total. The average molecular weight is 419 g/mol. The topological polar surface area (TPSA) is 95.7 Å². The second-order valence-corrected chi connectivity index (χ2v) is 8.12. The fraction of sp³-hybridized carbons (Fsp3) is 0.409. The quantitative estimate of drug-likeness (QED) is 0.678. The minimum atomic E-state index is -0.192. The second kappa shape index (κ2) is 7.98. The summed E-state index contributed by atoms with van der Waals surface area (Å²) in [5, 5.41) is 7.05. The predicted molar refractivity (Wildman–Crippen MR) is 115 cm³/mol. The number of piperazine rings is 1. The van der Waals surface area contributed by atoms with Crippen LogP contribution in [0, 0.1) is 6.92 Å². The number of hydrogen-bond acceptors (Lipinski definition) is 6. The van der Waals surface area contributed by atoms with Gasteiger partial charge in [-0.1, -0.05) is 6.07 Å². The van der Waals surface area contributed by atoms with E-state index in [-0.39, 0.29) is 18.4 Å². The van der Waals surface area contributed by atoms with Gasteiger partial charge in [0.15, 0.2) is 0 Å². The van der Waals surface area contributed by atoms with Crippen LogP contribution in [0.1, 0.15) is 33.6 Å². The van der Waals surface area contributed by atoms with Crippen molar-refractivity contribution in [1.29, 1.82) is 0 Å². The zero-order valence-corrected chi connectivity index (χ0v) is 17.5. The van der Waals surface area contributed by atoms with Crippen molar-refractivity contribution in [3.05, 3.63) is 53.0 Å². The molecule has 1 aliphatic heterocycles. The smallest absolute Gasteiger partial charge is 0.254 e. The van der Waals surface area contributed by atoms with Crippen LogP contribution < -0.4 is 10.2 Å². The SMILES string of the molecule is Cc1cc(N2CCN(C(=O)CNC(=O)c3ccc4c(c3)CCC4)CC2)n2ncnc2n1. The number of rotatable bonds is 4. The first kappa shape index (κ1) is 19.5. The van der Waals surface area contributed by atoms with E-state index in [1.165, 1.54) is 17.5 Å². The average Bonchev–Trinajstić information content (AvgIpc) is 3.45. The molecule has 0 bridgehead atoms. The Morgan fingerprint density at radius 3 is 2.71 bits per heavy atom. The molecule has 1 aromatic carbocycles. The monoisotopic (exact) mass is 419 g/mol. The lowest BCUT2D eigenvalue weighted by atomic mass is 10.1. The van der Waals surface area contributed by atoms with Gasteiger partial charge in [-0.05, 0) is 49.4 Å². The fourth-order valence-electron chi connectivity index (χ4n) is 4.40. The molecule has 0 atom stereocenters. The number of carbonyl (C=O) groups is 2. The zero-order valence-electron chi connectivity index (χ0n) is 17.5. The van der Waals surface area contributed by atoms with Crippen molar-refractivity contribution in [1.82, 2.24) is 29.8 Å². The lowest BCUT2D eigenvalue weighted by molar-refractivity contribution is -0.130. The van der Waals surface area contributed by atoms with Gasteiger partial charge in [-0.3, -0.25) is 9.59 Å². The summed E-state index contributed by atoms with van der Waals surface area (Å²) < 4.78 is 1.72. The van der Waals surface area contributed by atoms with Crippen LogP contribution in [-0.4, -0.2) is 69.0 Å². The van der Waals surface area contributed by atoms with E-state index >= 15 is 0 Å². The first-order valence-electron chi connectivity index (χ1n) is 10.7. The van der Waals surface area contributed by atoms with Gasteiger partial charge in [0.1, 0.15) is 12.1 Å². The highest BCUT2D eigenvalue weighted by Crippen LogP contribution is 2.23. The number of amides is 2. The molecule has 5 rings (SSSR count). The number of hydrogen-bond donors (Lipinski definition) is 1. The Labute approximate surface area is 180 Å². The van der Waals surface area contributed by atoms with Crippen molar-refractivity contribution >= 4 is 23.4 Å². The van der Waals surface area contributed by atoms with Crippen LogP contribution in [0.5, 0.6) is 0 Å². The molecule has 2 aliphatic rings. The van der Waals surface area contributed by atoms with E-state index in [1.54, 1.807) is 9.42 Å². The lowest BCUT2D eigenvalue weighted by Gasteiger charge is -2.36. The van der Waals surface area contributed by atoms with Crippen LogP contribution in [-0.2, 0) is 17.6 Å². The molecule has 0 radical (unpaired) electrons. The maximum atomic E-state index is 12.6. The molecule has 160 valence electrons. The Morgan fingerprint density at radius 2 is 1.87 bits per heavy atom. The Morgan fingerprint density at radius 1 is 1.06 bits per heavy atom. The van der Waals surface area contributed by atoms with Gasteiger partial charge >= 0.3 is 0 Å². The molecule has 1 aliphatic carbocycles. The summed E-state index contributed by atoms with van der Waals surface area (Å²) in [6, 6.07) is 7.83. The third-order valence-electron chi connectivity index (χ3n) is 6.08. The number of nitrogens with one attached hydrogen (secondary N) is 1. The van der Waals surface area contributed by atoms with Gasteiger partial charge in [0, 0.05) is 43.5 Å². The van der Waals surface area contributed by atoms with Crippen molar-refractivity contribution in [3.63, 3.8) is 0 Å². The van der Waals surface area contributed by atoms with Crippen molar-refractivity contribution in [2.45, 2.75) is 26.2 Å². The Hall–Kier alpha value is -3.49. The molecule has 2 amide bonds. The van der Waals surface area contributed by atoms with E-state index in [4.69, 9.17) is 0 Å². The molecule has 31 heavy (non-hydrogen) atoms. The number of aryl methyl sites for hydroxylation is 3. The Bertz CT molecular complexity index is 1150. The summed E-state index contributed by atoms with van der Waals surface area (Å²) in [7, 11) is 0. The molecule has 9 nitrogen and oxygen atoms in total. The summed E-state index contributed by atoms with van der Waals surface area (Å²) >= 11 is 0. The largest absolute Gasteiger partial charge is 0.353 e. The summed E-state index contributed by atoms with van der Waals surface area (Å²) in [6.45, 7) is 4.49. The molecule has 1 fully saturated rings. The molecule has 0 saturated carbocycles. The molecule has 0 unspecified atom stereocenters. The highest BCUT2D eigenvalue weighted by Gasteiger charge is 2.24. The molecule has 9 heteroatoms. The van der Waals surface area contributed by atoms with Gasteiger partial charge in [-0.2, -0.15) is 14.6 Å². The normalized spacial score (nSPS) is 15.9. The third-order valence-corrected chi connectivity index (χ3v) is 6.08. The number of carbonyl (C=O) groups excluding carboxylic acids is 2. The first-order valence-corrected chi connectivity index (χ1v) is 10.7. The number of nitrogens with zero attached hydrogens (tertiary/aromatic N) is 6. The van der Waals surface area contributed by atoms with E-state index in [1.807, 2.05) is 31.2 Å². The van der Waals surface area contributed by atoms with E-state index < -0.39 is 0 Å². The van der Waals surface area contributed by atoms with Gasteiger partial charge in [-0.15, -0.1) is 0 Å². The van der Waals surface area contributed by atoms with Crippen LogP contribution in [0.2, 0.25) is 0 Å². The summed E-state index contributed by atoms with van der Waals surface area (Å²) in [5.41, 5.74) is 4.09. The molecule has 2 aromatic heterocycles. The minimum absolute atomic E-state index is 0.0115. The van der Waals surface area contributed by atoms with Gasteiger partial charge in [-0.25, -0.2) is 4.98 Å².